The van der Waals surface area contributed by atoms with Crippen molar-refractivity contribution in [3.8, 4) is 0 Å². The SMILES string of the molecule is COCC1(C(C)N)CCCC1. The fraction of sp³-hybridized carbons (Fsp3) is 1.00. The Balaban J connectivity index is 2.55. The second-order valence-electron chi connectivity index (χ2n) is 3.79. The Morgan fingerprint density at radius 3 is 2.36 bits per heavy atom. The van der Waals surface area contributed by atoms with Crippen molar-refractivity contribution in [2.75, 3.05) is 13.7 Å². The summed E-state index contributed by atoms with van der Waals surface area (Å²) in [4.78, 5) is 0. The molecule has 0 amide bonds. The van der Waals surface area contributed by atoms with Gasteiger partial charge in [0, 0.05) is 18.6 Å². The molecule has 1 atom stereocenters. The Kier molecular flexibility index (Phi) is 2.90. The molecule has 0 heterocycles. The highest BCUT2D eigenvalue weighted by Gasteiger charge is 2.37. The minimum absolute atomic E-state index is 0.282. The van der Waals surface area contributed by atoms with Crippen molar-refractivity contribution in [2.24, 2.45) is 11.1 Å². The number of hydrogen-bond acceptors (Lipinski definition) is 2. The van der Waals surface area contributed by atoms with E-state index in [0.717, 1.165) is 6.61 Å². The summed E-state index contributed by atoms with van der Waals surface area (Å²) in [6, 6.07) is 0.282. The lowest BCUT2D eigenvalue weighted by atomic mass is 9.81. The molecule has 2 N–H and O–H groups in total. The van der Waals surface area contributed by atoms with Gasteiger partial charge in [0.05, 0.1) is 6.61 Å². The zero-order chi connectivity index (χ0) is 8.32. The van der Waals surface area contributed by atoms with Crippen molar-refractivity contribution in [2.45, 2.75) is 38.6 Å². The van der Waals surface area contributed by atoms with Crippen molar-refractivity contribution in [3.63, 3.8) is 0 Å². The quantitative estimate of drug-likeness (QED) is 0.674. The first kappa shape index (κ1) is 9.01. The van der Waals surface area contributed by atoms with Crippen LogP contribution in [0.25, 0.3) is 0 Å². The maximum Gasteiger partial charge on any atom is 0.0533 e. The van der Waals surface area contributed by atoms with Crippen LogP contribution in [0.2, 0.25) is 0 Å². The first-order valence-corrected chi connectivity index (χ1v) is 4.46. The molecule has 2 nitrogen and oxygen atoms in total. The Morgan fingerprint density at radius 2 is 2.00 bits per heavy atom. The standard InChI is InChI=1S/C9H19NO/c1-8(10)9(7-11-2)5-3-4-6-9/h8H,3-7,10H2,1-2H3. The van der Waals surface area contributed by atoms with Crippen molar-refractivity contribution in [3.05, 3.63) is 0 Å². The van der Waals surface area contributed by atoms with E-state index in [1.807, 2.05) is 0 Å². The van der Waals surface area contributed by atoms with E-state index in [0.29, 0.717) is 5.41 Å². The molecule has 2 heteroatoms. The molecule has 11 heavy (non-hydrogen) atoms. The number of methoxy groups -OCH3 is 1. The van der Waals surface area contributed by atoms with Crippen molar-refractivity contribution < 1.29 is 4.74 Å². The van der Waals surface area contributed by atoms with Crippen LogP contribution in [0.15, 0.2) is 0 Å². The lowest BCUT2D eigenvalue weighted by Gasteiger charge is -2.32. The van der Waals surface area contributed by atoms with E-state index in [1.54, 1.807) is 7.11 Å². The van der Waals surface area contributed by atoms with Gasteiger partial charge in [0.2, 0.25) is 0 Å². The summed E-state index contributed by atoms with van der Waals surface area (Å²) in [5, 5.41) is 0. The van der Waals surface area contributed by atoms with Gasteiger partial charge in [-0.05, 0) is 19.8 Å². The van der Waals surface area contributed by atoms with Crippen LogP contribution in [0.3, 0.4) is 0 Å². The van der Waals surface area contributed by atoms with Crippen LogP contribution < -0.4 is 5.73 Å². The highest BCUT2D eigenvalue weighted by Crippen LogP contribution is 2.40. The van der Waals surface area contributed by atoms with Crippen LogP contribution in [0.1, 0.15) is 32.6 Å². The second-order valence-corrected chi connectivity index (χ2v) is 3.79. The van der Waals surface area contributed by atoms with Crippen LogP contribution in [-0.4, -0.2) is 19.8 Å². The summed E-state index contributed by atoms with van der Waals surface area (Å²) >= 11 is 0. The average molecular weight is 157 g/mol. The maximum atomic E-state index is 5.94. The molecule has 0 bridgehead atoms. The van der Waals surface area contributed by atoms with E-state index in [1.165, 1.54) is 25.7 Å². The van der Waals surface area contributed by atoms with Gasteiger partial charge >= 0.3 is 0 Å². The summed E-state index contributed by atoms with van der Waals surface area (Å²) in [5.41, 5.74) is 6.24. The molecule has 1 aliphatic rings. The Morgan fingerprint density at radius 1 is 1.45 bits per heavy atom. The summed E-state index contributed by atoms with van der Waals surface area (Å²) in [6.45, 7) is 2.94. The molecule has 0 aromatic rings. The fourth-order valence-corrected chi connectivity index (χ4v) is 2.10. The van der Waals surface area contributed by atoms with Crippen LogP contribution >= 0.6 is 0 Å². The normalized spacial score (nSPS) is 25.4. The van der Waals surface area contributed by atoms with E-state index >= 15 is 0 Å². The van der Waals surface area contributed by atoms with Gasteiger partial charge in [-0.3, -0.25) is 0 Å². The Labute approximate surface area is 69.1 Å². The molecule has 0 aromatic heterocycles. The Bertz CT molecular complexity index is 117. The third-order valence-corrected chi connectivity index (χ3v) is 3.00. The number of rotatable bonds is 3. The first-order chi connectivity index (χ1) is 5.21. The van der Waals surface area contributed by atoms with Crippen LogP contribution in [-0.2, 0) is 4.74 Å². The van der Waals surface area contributed by atoms with Crippen LogP contribution in [0.5, 0.6) is 0 Å². The number of hydrogen-bond donors (Lipinski definition) is 1. The minimum atomic E-state index is 0.282. The molecule has 1 unspecified atom stereocenters. The average Bonchev–Trinajstić information content (AvgIpc) is 2.38. The lowest BCUT2D eigenvalue weighted by molar-refractivity contribution is 0.0676. The number of nitrogens with two attached hydrogens (primary N) is 1. The summed E-state index contributed by atoms with van der Waals surface area (Å²) < 4.78 is 5.21. The van der Waals surface area contributed by atoms with Gasteiger partial charge in [0.15, 0.2) is 0 Å². The van der Waals surface area contributed by atoms with Gasteiger partial charge < -0.3 is 10.5 Å². The smallest absolute Gasteiger partial charge is 0.0533 e. The van der Waals surface area contributed by atoms with Gasteiger partial charge in [-0.15, -0.1) is 0 Å². The molecule has 0 saturated heterocycles. The first-order valence-electron chi connectivity index (χ1n) is 4.46. The van der Waals surface area contributed by atoms with Crippen LogP contribution in [0.4, 0.5) is 0 Å². The third-order valence-electron chi connectivity index (χ3n) is 3.00. The van der Waals surface area contributed by atoms with E-state index in [2.05, 4.69) is 6.92 Å². The molecular formula is C9H19NO. The molecule has 0 aliphatic heterocycles. The van der Waals surface area contributed by atoms with Gasteiger partial charge in [0.1, 0.15) is 0 Å². The van der Waals surface area contributed by atoms with Gasteiger partial charge in [-0.1, -0.05) is 12.8 Å². The van der Waals surface area contributed by atoms with Crippen molar-refractivity contribution >= 4 is 0 Å². The summed E-state index contributed by atoms with van der Waals surface area (Å²) in [7, 11) is 1.77. The van der Waals surface area contributed by atoms with Crippen molar-refractivity contribution in [1.29, 1.82) is 0 Å². The predicted octanol–water partition coefficient (Wildman–Crippen LogP) is 1.54. The summed E-state index contributed by atoms with van der Waals surface area (Å²) in [5.74, 6) is 0. The zero-order valence-electron chi connectivity index (χ0n) is 7.60. The monoisotopic (exact) mass is 157 g/mol. The molecule has 66 valence electrons. The van der Waals surface area contributed by atoms with Crippen molar-refractivity contribution in [1.82, 2.24) is 0 Å². The largest absolute Gasteiger partial charge is 0.384 e. The third kappa shape index (κ3) is 1.74. The molecular weight excluding hydrogens is 138 g/mol. The topological polar surface area (TPSA) is 35.2 Å². The molecule has 0 spiro atoms. The molecule has 0 radical (unpaired) electrons. The molecule has 1 saturated carbocycles. The number of ether oxygens (including phenoxy) is 1. The van der Waals surface area contributed by atoms with Gasteiger partial charge in [0.25, 0.3) is 0 Å². The second kappa shape index (κ2) is 3.55. The van der Waals surface area contributed by atoms with Gasteiger partial charge in [-0.2, -0.15) is 0 Å². The maximum absolute atomic E-state index is 5.94. The fourth-order valence-electron chi connectivity index (χ4n) is 2.10. The van der Waals surface area contributed by atoms with Crippen LogP contribution in [0, 0.1) is 5.41 Å². The van der Waals surface area contributed by atoms with Gasteiger partial charge in [-0.25, -0.2) is 0 Å². The highest BCUT2D eigenvalue weighted by molar-refractivity contribution is 4.90. The zero-order valence-corrected chi connectivity index (χ0v) is 7.60. The highest BCUT2D eigenvalue weighted by atomic mass is 16.5. The Hall–Kier alpha value is -0.0800. The van der Waals surface area contributed by atoms with E-state index in [9.17, 15) is 0 Å². The molecule has 1 fully saturated rings. The molecule has 1 rings (SSSR count). The van der Waals surface area contributed by atoms with E-state index in [4.69, 9.17) is 10.5 Å². The lowest BCUT2D eigenvalue weighted by Crippen LogP contribution is -2.40. The summed E-state index contributed by atoms with van der Waals surface area (Å²) in [6.07, 6.45) is 5.15. The predicted molar refractivity (Wildman–Crippen MR) is 46.4 cm³/mol. The molecule has 0 aromatic carbocycles. The van der Waals surface area contributed by atoms with E-state index < -0.39 is 0 Å². The minimum Gasteiger partial charge on any atom is -0.384 e. The molecule has 1 aliphatic carbocycles. The van der Waals surface area contributed by atoms with E-state index in [-0.39, 0.29) is 6.04 Å².